The molecule has 0 bridgehead atoms. The second kappa shape index (κ2) is 20.3. The molecule has 1 fully saturated rings. The molecule has 5 N–H and O–H groups in total. The number of carbonyl (C=O) groups is 7. The Balaban J connectivity index is 0.869. The Kier molecular flexibility index (Phi) is 14.8. The number of imide groups is 2. The zero-order chi connectivity index (χ0) is 43.5. The molecule has 4 heterocycles. The molecule has 0 radical (unpaired) electrons. The van der Waals surface area contributed by atoms with Crippen LogP contribution in [-0.2, 0) is 33.9 Å². The van der Waals surface area contributed by atoms with Gasteiger partial charge in [-0.05, 0) is 49.9 Å². The number of fused-ring (bicyclic) bond motifs is 1. The normalized spacial score (nSPS) is 15.6. The zero-order valence-electron chi connectivity index (χ0n) is 33.3. The van der Waals surface area contributed by atoms with Crippen molar-refractivity contribution in [3.63, 3.8) is 0 Å². The number of amides is 7. The van der Waals surface area contributed by atoms with Crippen LogP contribution >= 0.6 is 11.3 Å². The van der Waals surface area contributed by atoms with Crippen molar-refractivity contribution in [2.24, 2.45) is 0 Å². The lowest BCUT2D eigenvalue weighted by Crippen LogP contribution is -2.54. The molecule has 18 nitrogen and oxygen atoms in total. The van der Waals surface area contributed by atoms with E-state index in [9.17, 15) is 42.0 Å². The van der Waals surface area contributed by atoms with Gasteiger partial charge in [0.15, 0.2) is 5.13 Å². The van der Waals surface area contributed by atoms with E-state index in [0.29, 0.717) is 36.0 Å². The van der Waals surface area contributed by atoms with Gasteiger partial charge in [-0.1, -0.05) is 43.2 Å². The topological polar surface area (TPSA) is 244 Å². The van der Waals surface area contributed by atoms with Crippen LogP contribution in [0, 0.1) is 0 Å². The van der Waals surface area contributed by atoms with Crippen molar-refractivity contribution in [2.45, 2.75) is 63.5 Å². The van der Waals surface area contributed by atoms with Crippen LogP contribution in [0.1, 0.15) is 82.4 Å². The van der Waals surface area contributed by atoms with E-state index >= 15 is 0 Å². The molecule has 322 valence electrons. The van der Waals surface area contributed by atoms with E-state index in [-0.39, 0.29) is 55.1 Å². The highest BCUT2D eigenvalue weighted by molar-refractivity contribution is 7.89. The van der Waals surface area contributed by atoms with Crippen LogP contribution in [0.2, 0.25) is 0 Å². The Morgan fingerprint density at radius 1 is 0.951 bits per heavy atom. The van der Waals surface area contributed by atoms with Gasteiger partial charge in [-0.2, -0.15) is 0 Å². The van der Waals surface area contributed by atoms with Crippen molar-refractivity contribution in [1.29, 1.82) is 0 Å². The summed E-state index contributed by atoms with van der Waals surface area (Å²) < 4.78 is 30.4. The number of unbranched alkanes of at least 4 members (excludes halogenated alkanes) is 3. The van der Waals surface area contributed by atoms with Gasteiger partial charge < -0.3 is 26.0 Å². The molecule has 1 unspecified atom stereocenters. The highest BCUT2D eigenvalue weighted by Gasteiger charge is 2.44. The lowest BCUT2D eigenvalue weighted by molar-refractivity contribution is -0.136. The van der Waals surface area contributed by atoms with Crippen LogP contribution in [0.25, 0.3) is 11.3 Å². The smallest absolute Gasteiger partial charge is 0.262 e. The molecule has 0 saturated carbocycles. The van der Waals surface area contributed by atoms with Crippen molar-refractivity contribution in [3.05, 3.63) is 89.1 Å². The maximum Gasteiger partial charge on any atom is 0.262 e. The number of piperidine rings is 1. The molecule has 0 spiro atoms. The molecule has 2 atom stereocenters. The van der Waals surface area contributed by atoms with Gasteiger partial charge >= 0.3 is 0 Å². The van der Waals surface area contributed by atoms with Gasteiger partial charge in [0.2, 0.25) is 27.7 Å². The Hall–Kier alpha value is -6.25. The minimum Gasteiger partial charge on any atom is -0.385 e. The number of benzene rings is 2. The molecule has 20 heteroatoms. The van der Waals surface area contributed by atoms with Crippen molar-refractivity contribution < 1.29 is 46.7 Å². The Morgan fingerprint density at radius 2 is 1.70 bits per heavy atom. The SMILES string of the molecule is CS(=O)(=O)n1ccc(C(=O)N[C@@H](COCCCC(=O)NCCCCCCNc2ccc3c(c2)C(=O)N(C2CCC(=O)NC2=O)C3=O)C(=O)Nc2nc(-c3ccccc3)cs2)c1. The predicted molar refractivity (Wildman–Crippen MR) is 225 cm³/mol. The number of hydrogen-bond donors (Lipinski definition) is 5. The van der Waals surface area contributed by atoms with Gasteiger partial charge in [0.05, 0.1) is 35.2 Å². The lowest BCUT2D eigenvalue weighted by atomic mass is 10.0. The average molecular weight is 875 g/mol. The molecular weight excluding hydrogens is 829 g/mol. The standard InChI is InChI=1S/C41H46N8O10S2/c1-61(57,58)48-20-17-27(23-48)36(52)44-31(37(53)47-41-45-32(25-60-41)26-10-5-4-6-11-26)24-59-21-9-12-34(50)43-19-8-3-2-7-18-42-28-13-14-29-30(22-28)40(56)49(39(29)55)33-15-16-35(51)46-38(33)54/h4-6,10-11,13-14,17,20,22-23,25,31,33,42H,2-3,7-9,12,15-16,18-19,21,24H2,1H3,(H,43,50)(H,44,52)(H,45,47,53)(H,46,51,54)/t31-,33?/m0/s1. The van der Waals surface area contributed by atoms with Gasteiger partial charge in [0.1, 0.15) is 12.1 Å². The number of aromatic nitrogens is 2. The first-order valence-electron chi connectivity index (χ1n) is 19.7. The fourth-order valence-corrected chi connectivity index (χ4v) is 7.99. The van der Waals surface area contributed by atoms with Crippen molar-refractivity contribution >= 4 is 73.5 Å². The van der Waals surface area contributed by atoms with Crippen LogP contribution in [-0.4, -0.2) is 108 Å². The Morgan fingerprint density at radius 3 is 2.44 bits per heavy atom. The van der Waals surface area contributed by atoms with E-state index in [1.54, 1.807) is 23.6 Å². The third-order valence-corrected chi connectivity index (χ3v) is 11.7. The molecule has 4 aromatic rings. The molecule has 1 saturated heterocycles. The molecule has 2 aromatic carbocycles. The third-order valence-electron chi connectivity index (χ3n) is 9.91. The molecule has 6 rings (SSSR count). The summed E-state index contributed by atoms with van der Waals surface area (Å²) in [6, 6.07) is 13.4. The highest BCUT2D eigenvalue weighted by atomic mass is 32.2. The number of carbonyl (C=O) groups excluding carboxylic acids is 7. The largest absolute Gasteiger partial charge is 0.385 e. The van der Waals surface area contributed by atoms with Crippen LogP contribution in [0.5, 0.6) is 0 Å². The second-order valence-corrected chi connectivity index (χ2v) is 17.2. The first-order valence-corrected chi connectivity index (χ1v) is 22.5. The van der Waals surface area contributed by atoms with E-state index in [1.807, 2.05) is 30.3 Å². The summed E-state index contributed by atoms with van der Waals surface area (Å²) in [6.07, 6.45) is 7.42. The molecule has 2 aliphatic rings. The van der Waals surface area contributed by atoms with Crippen LogP contribution in [0.3, 0.4) is 0 Å². The van der Waals surface area contributed by atoms with Gasteiger partial charge in [-0.15, -0.1) is 11.3 Å². The average Bonchev–Trinajstić information content (AvgIpc) is 3.98. The Bertz CT molecular complexity index is 2400. The lowest BCUT2D eigenvalue weighted by Gasteiger charge is -2.27. The van der Waals surface area contributed by atoms with E-state index in [1.165, 1.54) is 23.6 Å². The number of ether oxygens (including phenoxy) is 1. The minimum atomic E-state index is -3.62. The summed E-state index contributed by atoms with van der Waals surface area (Å²) in [5.41, 5.74) is 2.68. The van der Waals surface area contributed by atoms with Gasteiger partial charge in [0, 0.05) is 61.6 Å². The van der Waals surface area contributed by atoms with Crippen LogP contribution < -0.4 is 26.6 Å². The van der Waals surface area contributed by atoms with E-state index in [0.717, 1.165) is 52.6 Å². The van der Waals surface area contributed by atoms with Gasteiger partial charge in [0.25, 0.3) is 23.6 Å². The van der Waals surface area contributed by atoms with E-state index in [2.05, 4.69) is 31.6 Å². The maximum absolute atomic E-state index is 13.3. The van der Waals surface area contributed by atoms with E-state index < -0.39 is 57.6 Å². The summed E-state index contributed by atoms with van der Waals surface area (Å²) in [4.78, 5) is 94.0. The molecule has 2 aromatic heterocycles. The van der Waals surface area contributed by atoms with Crippen molar-refractivity contribution in [2.75, 3.05) is 43.2 Å². The third kappa shape index (κ3) is 11.7. The summed E-state index contributed by atoms with van der Waals surface area (Å²) in [7, 11) is -3.62. The molecule has 7 amide bonds. The first kappa shape index (κ1) is 44.3. The zero-order valence-corrected chi connectivity index (χ0v) is 34.9. The monoisotopic (exact) mass is 874 g/mol. The number of rotatable bonds is 21. The summed E-state index contributed by atoms with van der Waals surface area (Å²) in [5.74, 6) is -3.61. The number of hydrogen-bond acceptors (Lipinski definition) is 13. The molecule has 2 aliphatic heterocycles. The van der Waals surface area contributed by atoms with Crippen molar-refractivity contribution in [3.8, 4) is 11.3 Å². The Labute approximate surface area is 355 Å². The number of anilines is 2. The minimum absolute atomic E-state index is 0.0355. The maximum atomic E-state index is 13.3. The fraction of sp³-hybridized carbons (Fsp3) is 0.366. The highest BCUT2D eigenvalue weighted by Crippen LogP contribution is 2.30. The first-order chi connectivity index (χ1) is 29.3. The van der Waals surface area contributed by atoms with E-state index in [4.69, 9.17) is 4.74 Å². The predicted octanol–water partition coefficient (Wildman–Crippen LogP) is 3.14. The number of nitrogens with zero attached hydrogens (tertiary/aromatic N) is 3. The summed E-state index contributed by atoms with van der Waals surface area (Å²) >= 11 is 1.22. The van der Waals surface area contributed by atoms with Crippen molar-refractivity contribution in [1.82, 2.24) is 29.8 Å². The quantitative estimate of drug-likeness (QED) is 0.0599. The molecule has 0 aliphatic carbocycles. The number of thiazole rings is 1. The van der Waals surface area contributed by atoms with Crippen LogP contribution in [0.15, 0.2) is 72.4 Å². The number of nitrogens with one attached hydrogen (secondary N) is 5. The molecular formula is C41H46N8O10S2. The second-order valence-electron chi connectivity index (χ2n) is 14.5. The van der Waals surface area contributed by atoms with Gasteiger partial charge in [-0.3, -0.25) is 47.8 Å². The van der Waals surface area contributed by atoms with Crippen LogP contribution in [0.4, 0.5) is 10.8 Å². The summed E-state index contributed by atoms with van der Waals surface area (Å²) in [6.45, 7) is 1.03. The van der Waals surface area contributed by atoms with Gasteiger partial charge in [-0.25, -0.2) is 13.4 Å². The summed E-state index contributed by atoms with van der Waals surface area (Å²) in [5, 5.41) is 15.8. The fourth-order valence-electron chi connectivity index (χ4n) is 6.68. The molecule has 61 heavy (non-hydrogen) atoms.